The molecule has 27 heavy (non-hydrogen) atoms. The van der Waals surface area contributed by atoms with Crippen molar-refractivity contribution < 1.29 is 28.3 Å². The summed E-state index contributed by atoms with van der Waals surface area (Å²) < 4.78 is 28.7. The summed E-state index contributed by atoms with van der Waals surface area (Å²) >= 11 is 0. The van der Waals surface area contributed by atoms with Gasteiger partial charge in [0.05, 0.1) is 25.6 Å². The number of ether oxygens (including phenoxy) is 2. The molecule has 0 saturated heterocycles. The number of methoxy groups -OCH3 is 1. The SMILES string of the molecule is COC(=O)OP(=O)(O)C(C)(C)O[C@@H]1C=C[C@H](n2cnc3c(N)ncnc32)C1. The molecule has 3 N–H and O–H groups in total. The van der Waals surface area contributed by atoms with Crippen molar-refractivity contribution in [1.29, 1.82) is 0 Å². The highest BCUT2D eigenvalue weighted by Crippen LogP contribution is 2.57. The second-order valence-corrected chi connectivity index (χ2v) is 8.74. The number of carbonyl (C=O) groups is 1. The van der Waals surface area contributed by atoms with Crippen molar-refractivity contribution in [3.05, 3.63) is 24.8 Å². The summed E-state index contributed by atoms with van der Waals surface area (Å²) in [5.41, 5.74) is 6.88. The lowest BCUT2D eigenvalue weighted by atomic mass is 10.2. The van der Waals surface area contributed by atoms with Gasteiger partial charge in [0.25, 0.3) is 0 Å². The number of nitrogens with zero attached hydrogens (tertiary/aromatic N) is 4. The van der Waals surface area contributed by atoms with Gasteiger partial charge in [0, 0.05) is 6.42 Å². The molecular formula is C15H20N5O6P. The average molecular weight is 397 g/mol. The van der Waals surface area contributed by atoms with Crippen LogP contribution < -0.4 is 5.73 Å². The van der Waals surface area contributed by atoms with Gasteiger partial charge in [-0.1, -0.05) is 12.2 Å². The number of hydrogen-bond donors (Lipinski definition) is 2. The van der Waals surface area contributed by atoms with Crippen LogP contribution in [-0.4, -0.2) is 49.1 Å². The van der Waals surface area contributed by atoms with Crippen molar-refractivity contribution in [1.82, 2.24) is 19.5 Å². The van der Waals surface area contributed by atoms with Crippen molar-refractivity contribution in [2.24, 2.45) is 0 Å². The van der Waals surface area contributed by atoms with E-state index < -0.39 is 25.2 Å². The second-order valence-electron chi connectivity index (χ2n) is 6.44. The van der Waals surface area contributed by atoms with Crippen LogP contribution in [0.4, 0.5) is 10.6 Å². The number of allylic oxidation sites excluding steroid dienone is 1. The Hall–Kier alpha value is -2.49. The lowest BCUT2D eigenvalue weighted by Gasteiger charge is -2.31. The Kier molecular flexibility index (Phi) is 4.94. The van der Waals surface area contributed by atoms with Gasteiger partial charge >= 0.3 is 13.8 Å². The van der Waals surface area contributed by atoms with E-state index in [0.29, 0.717) is 17.6 Å². The highest BCUT2D eigenvalue weighted by molar-refractivity contribution is 7.54. The third-order valence-electron chi connectivity index (χ3n) is 4.25. The molecule has 0 saturated carbocycles. The molecule has 0 fully saturated rings. The molecule has 0 amide bonds. The molecule has 3 atom stereocenters. The minimum absolute atomic E-state index is 0.135. The Morgan fingerprint density at radius 1 is 1.37 bits per heavy atom. The normalized spacial score (nSPS) is 21.9. The first-order chi connectivity index (χ1) is 12.6. The standard InChI is InChI=1S/C15H20N5O6P/c1-15(2,27(22,23)26-14(21)24-3)25-10-5-4-9(6-10)20-8-19-11-12(16)17-7-18-13(11)20/h4-5,7-10H,6H2,1-3H3,(H,22,23)(H2,16,17,18)/t9-,10+/m0/s1. The summed E-state index contributed by atoms with van der Waals surface area (Å²) in [6.45, 7) is 2.75. The summed E-state index contributed by atoms with van der Waals surface area (Å²) in [6, 6.07) is -0.135. The predicted octanol–water partition coefficient (Wildman–Crippen LogP) is 2.00. The van der Waals surface area contributed by atoms with Crippen molar-refractivity contribution in [2.75, 3.05) is 12.8 Å². The van der Waals surface area contributed by atoms with E-state index in [1.165, 1.54) is 20.2 Å². The zero-order valence-electron chi connectivity index (χ0n) is 15.0. The van der Waals surface area contributed by atoms with Gasteiger partial charge in [-0.05, 0) is 13.8 Å². The molecule has 2 aromatic rings. The van der Waals surface area contributed by atoms with Crippen LogP contribution in [0.5, 0.6) is 0 Å². The molecule has 1 aliphatic rings. The number of nitrogen functional groups attached to an aromatic ring is 1. The molecule has 2 heterocycles. The summed E-state index contributed by atoms with van der Waals surface area (Å²) in [7, 11) is -3.39. The lowest BCUT2D eigenvalue weighted by molar-refractivity contribution is -0.0170. The van der Waals surface area contributed by atoms with E-state index in [9.17, 15) is 14.3 Å². The van der Waals surface area contributed by atoms with Gasteiger partial charge in [0.15, 0.2) is 16.8 Å². The largest absolute Gasteiger partial charge is 0.514 e. The lowest BCUT2D eigenvalue weighted by Crippen LogP contribution is -2.31. The van der Waals surface area contributed by atoms with Gasteiger partial charge in [0.2, 0.25) is 0 Å². The highest BCUT2D eigenvalue weighted by atomic mass is 31.2. The van der Waals surface area contributed by atoms with E-state index in [2.05, 4.69) is 24.2 Å². The molecule has 11 nitrogen and oxygen atoms in total. The average Bonchev–Trinajstić information content (AvgIpc) is 3.21. The second kappa shape index (κ2) is 6.91. The fourth-order valence-electron chi connectivity index (χ4n) is 2.74. The maximum atomic E-state index is 12.4. The minimum atomic E-state index is -4.43. The smallest absolute Gasteiger partial charge is 0.437 e. The van der Waals surface area contributed by atoms with E-state index in [0.717, 1.165) is 7.11 Å². The first kappa shape index (κ1) is 19.3. The number of rotatable bonds is 5. The molecule has 0 bridgehead atoms. The van der Waals surface area contributed by atoms with Crippen LogP contribution in [0.3, 0.4) is 0 Å². The minimum Gasteiger partial charge on any atom is -0.437 e. The maximum Gasteiger partial charge on any atom is 0.514 e. The summed E-state index contributed by atoms with van der Waals surface area (Å²) in [4.78, 5) is 33.6. The Bertz CT molecular complexity index is 942. The molecule has 0 aliphatic heterocycles. The Balaban J connectivity index is 1.73. The molecule has 146 valence electrons. The Morgan fingerprint density at radius 2 is 2.11 bits per heavy atom. The Morgan fingerprint density at radius 3 is 2.81 bits per heavy atom. The molecular weight excluding hydrogens is 377 g/mol. The highest BCUT2D eigenvalue weighted by Gasteiger charge is 2.47. The van der Waals surface area contributed by atoms with E-state index in [4.69, 9.17) is 10.5 Å². The van der Waals surface area contributed by atoms with Crippen molar-refractivity contribution >= 4 is 30.7 Å². The molecule has 2 aromatic heterocycles. The topological polar surface area (TPSA) is 152 Å². The molecule has 1 unspecified atom stereocenters. The van der Waals surface area contributed by atoms with Crippen LogP contribution >= 0.6 is 7.60 Å². The van der Waals surface area contributed by atoms with Gasteiger partial charge < -0.3 is 29.2 Å². The number of aromatic nitrogens is 4. The zero-order chi connectivity index (χ0) is 19.8. The van der Waals surface area contributed by atoms with Crippen molar-refractivity contribution in [3.8, 4) is 0 Å². The quantitative estimate of drug-likeness (QED) is 0.435. The van der Waals surface area contributed by atoms with Gasteiger partial charge in [-0.15, -0.1) is 0 Å². The van der Waals surface area contributed by atoms with Gasteiger partial charge in [-0.3, -0.25) is 0 Å². The molecule has 12 heteroatoms. The predicted molar refractivity (Wildman–Crippen MR) is 94.8 cm³/mol. The van der Waals surface area contributed by atoms with E-state index in [1.54, 1.807) is 12.4 Å². The number of carbonyl (C=O) groups excluding carboxylic acids is 1. The number of anilines is 1. The van der Waals surface area contributed by atoms with Gasteiger partial charge in [-0.2, -0.15) is 0 Å². The first-order valence-electron chi connectivity index (χ1n) is 8.04. The van der Waals surface area contributed by atoms with E-state index in [1.807, 2.05) is 10.6 Å². The number of imidazole rings is 1. The summed E-state index contributed by atoms with van der Waals surface area (Å²) in [5, 5.41) is -1.63. The van der Waals surface area contributed by atoms with Crippen molar-refractivity contribution in [3.63, 3.8) is 0 Å². The van der Waals surface area contributed by atoms with Gasteiger partial charge in [0.1, 0.15) is 11.8 Å². The van der Waals surface area contributed by atoms with Crippen LogP contribution in [0.2, 0.25) is 0 Å². The van der Waals surface area contributed by atoms with E-state index >= 15 is 0 Å². The third-order valence-corrected chi connectivity index (χ3v) is 6.11. The van der Waals surface area contributed by atoms with Crippen molar-refractivity contribution in [2.45, 2.75) is 37.8 Å². The van der Waals surface area contributed by atoms with Crippen LogP contribution in [0.25, 0.3) is 11.2 Å². The monoisotopic (exact) mass is 397 g/mol. The van der Waals surface area contributed by atoms with Gasteiger partial charge in [-0.25, -0.2) is 24.3 Å². The van der Waals surface area contributed by atoms with Crippen LogP contribution in [0.1, 0.15) is 26.3 Å². The van der Waals surface area contributed by atoms with Crippen LogP contribution in [0.15, 0.2) is 24.8 Å². The van der Waals surface area contributed by atoms with Crippen LogP contribution in [-0.2, 0) is 18.6 Å². The number of fused-ring (bicyclic) bond motifs is 1. The molecule has 3 rings (SSSR count). The molecule has 0 radical (unpaired) electrons. The third kappa shape index (κ3) is 3.66. The number of hydrogen-bond acceptors (Lipinski definition) is 9. The fraction of sp³-hybridized carbons (Fsp3) is 0.467. The molecule has 0 aromatic carbocycles. The zero-order valence-corrected chi connectivity index (χ0v) is 15.9. The number of nitrogens with two attached hydrogens (primary N) is 1. The fourth-order valence-corrected chi connectivity index (χ4v) is 3.50. The van der Waals surface area contributed by atoms with E-state index in [-0.39, 0.29) is 11.9 Å². The maximum absolute atomic E-state index is 12.4. The molecule has 1 aliphatic carbocycles. The molecule has 0 spiro atoms. The summed E-state index contributed by atoms with van der Waals surface area (Å²) in [6.07, 6.45) is 5.34. The summed E-state index contributed by atoms with van der Waals surface area (Å²) in [5.74, 6) is 0.288. The first-order valence-corrected chi connectivity index (χ1v) is 9.62. The van der Waals surface area contributed by atoms with Crippen LogP contribution in [0, 0.1) is 0 Å². The Labute approximate surface area is 154 Å².